The number of amides is 1. The largest absolute Gasteiger partial charge is 0.325 e. The number of nitrogens with one attached hydrogen (secondary N) is 1. The van der Waals surface area contributed by atoms with Crippen molar-refractivity contribution in [3.8, 4) is 11.4 Å². The normalized spacial score (nSPS) is 11.8. The van der Waals surface area contributed by atoms with Crippen LogP contribution in [0.25, 0.3) is 11.4 Å². The monoisotopic (exact) mass is 417 g/mol. The fourth-order valence-corrected chi connectivity index (χ4v) is 3.45. The summed E-state index contributed by atoms with van der Waals surface area (Å²) in [7, 11) is 1.81. The third-order valence-corrected chi connectivity index (χ3v) is 5.41. The third kappa shape index (κ3) is 4.32. The van der Waals surface area contributed by atoms with Crippen LogP contribution in [0.4, 0.5) is 11.4 Å². The van der Waals surface area contributed by atoms with Crippen LogP contribution in [0.3, 0.4) is 0 Å². The van der Waals surface area contributed by atoms with Gasteiger partial charge in [0, 0.05) is 30.4 Å². The Morgan fingerprint density at radius 2 is 1.89 bits per heavy atom. The van der Waals surface area contributed by atoms with E-state index in [9.17, 15) is 14.9 Å². The molecule has 1 aromatic heterocycles. The van der Waals surface area contributed by atoms with Gasteiger partial charge in [0.2, 0.25) is 5.91 Å². The Balaban J connectivity index is 1.69. The van der Waals surface area contributed by atoms with Gasteiger partial charge in [0.1, 0.15) is 0 Å². The lowest BCUT2D eigenvalue weighted by Crippen LogP contribution is -2.22. The van der Waals surface area contributed by atoms with Crippen LogP contribution in [0.2, 0.25) is 5.02 Å². The molecule has 28 heavy (non-hydrogen) atoms. The minimum absolute atomic E-state index is 0.0355. The number of nitro benzene ring substituents is 1. The summed E-state index contributed by atoms with van der Waals surface area (Å²) in [6.45, 7) is 1.75. The predicted molar refractivity (Wildman–Crippen MR) is 108 cm³/mol. The van der Waals surface area contributed by atoms with Gasteiger partial charge in [0.25, 0.3) is 5.69 Å². The van der Waals surface area contributed by atoms with E-state index < -0.39 is 10.2 Å². The van der Waals surface area contributed by atoms with Crippen molar-refractivity contribution < 1.29 is 9.72 Å². The van der Waals surface area contributed by atoms with Gasteiger partial charge in [-0.05, 0) is 31.2 Å². The fraction of sp³-hybridized carbons (Fsp3) is 0.167. The Kier molecular flexibility index (Phi) is 5.96. The van der Waals surface area contributed by atoms with Crippen molar-refractivity contribution in [2.75, 3.05) is 5.32 Å². The number of rotatable bonds is 6. The molecular weight excluding hydrogens is 402 g/mol. The molecule has 0 saturated carbocycles. The molecule has 1 atom stereocenters. The second kappa shape index (κ2) is 8.41. The lowest BCUT2D eigenvalue weighted by molar-refractivity contribution is -0.384. The summed E-state index contributed by atoms with van der Waals surface area (Å²) in [4.78, 5) is 22.6. The zero-order chi connectivity index (χ0) is 20.3. The molecule has 8 nitrogen and oxygen atoms in total. The number of halogens is 1. The van der Waals surface area contributed by atoms with Crippen molar-refractivity contribution in [3.63, 3.8) is 0 Å². The number of aromatic nitrogens is 3. The van der Waals surface area contributed by atoms with Gasteiger partial charge in [-0.2, -0.15) is 0 Å². The van der Waals surface area contributed by atoms with Crippen LogP contribution in [0.1, 0.15) is 6.92 Å². The Morgan fingerprint density at radius 3 is 2.54 bits per heavy atom. The molecule has 3 aromatic rings. The molecule has 0 spiro atoms. The van der Waals surface area contributed by atoms with Crippen molar-refractivity contribution in [2.45, 2.75) is 17.3 Å². The summed E-state index contributed by atoms with van der Waals surface area (Å²) in [6.07, 6.45) is 0. The molecule has 2 aromatic carbocycles. The van der Waals surface area contributed by atoms with Gasteiger partial charge >= 0.3 is 0 Å². The van der Waals surface area contributed by atoms with Crippen LogP contribution >= 0.6 is 23.4 Å². The minimum Gasteiger partial charge on any atom is -0.325 e. The molecule has 0 fully saturated rings. The van der Waals surface area contributed by atoms with Crippen LogP contribution in [0.5, 0.6) is 0 Å². The highest BCUT2D eigenvalue weighted by Crippen LogP contribution is 2.30. The van der Waals surface area contributed by atoms with Gasteiger partial charge in [-0.3, -0.25) is 14.9 Å². The molecule has 0 aliphatic heterocycles. The number of anilines is 1. The smallest absolute Gasteiger partial charge is 0.269 e. The van der Waals surface area contributed by atoms with Crippen LogP contribution in [-0.2, 0) is 11.8 Å². The summed E-state index contributed by atoms with van der Waals surface area (Å²) in [5.41, 5.74) is 1.21. The molecular formula is C18H16ClN5O3S. The Bertz CT molecular complexity index is 1020. The highest BCUT2D eigenvalue weighted by molar-refractivity contribution is 8.00. The second-order valence-corrected chi connectivity index (χ2v) is 7.61. The topological polar surface area (TPSA) is 103 Å². The first-order chi connectivity index (χ1) is 13.4. The number of nitro groups is 1. The molecule has 3 rings (SSSR count). The summed E-state index contributed by atoms with van der Waals surface area (Å²) in [5, 5.41) is 22.4. The van der Waals surface area contributed by atoms with E-state index in [1.54, 1.807) is 17.6 Å². The molecule has 144 valence electrons. The zero-order valence-electron chi connectivity index (χ0n) is 15.0. The van der Waals surface area contributed by atoms with Crippen molar-refractivity contribution in [1.29, 1.82) is 0 Å². The Labute approximate surface area is 170 Å². The maximum atomic E-state index is 12.4. The van der Waals surface area contributed by atoms with E-state index in [1.165, 1.54) is 36.0 Å². The number of non-ortho nitro benzene ring substituents is 1. The van der Waals surface area contributed by atoms with Gasteiger partial charge < -0.3 is 9.88 Å². The molecule has 1 N–H and O–H groups in total. The summed E-state index contributed by atoms with van der Waals surface area (Å²) >= 11 is 7.48. The van der Waals surface area contributed by atoms with E-state index in [0.717, 1.165) is 5.56 Å². The first-order valence-electron chi connectivity index (χ1n) is 8.23. The quantitative estimate of drug-likeness (QED) is 0.367. The number of hydrogen-bond donors (Lipinski definition) is 1. The first-order valence-corrected chi connectivity index (χ1v) is 9.49. The molecule has 0 aliphatic carbocycles. The number of nitrogens with zero attached hydrogens (tertiary/aromatic N) is 4. The molecule has 0 bridgehead atoms. The van der Waals surface area contributed by atoms with Crippen LogP contribution < -0.4 is 5.32 Å². The highest BCUT2D eigenvalue weighted by Gasteiger charge is 2.20. The number of carbonyl (C=O) groups is 1. The van der Waals surface area contributed by atoms with Crippen LogP contribution in [0, 0.1) is 10.1 Å². The van der Waals surface area contributed by atoms with Crippen molar-refractivity contribution >= 4 is 40.6 Å². The third-order valence-electron chi connectivity index (χ3n) is 3.95. The van der Waals surface area contributed by atoms with Crippen LogP contribution in [-0.4, -0.2) is 30.8 Å². The SMILES string of the molecule is CC(Sc1nnc(-c2ccccc2Cl)n1C)C(=O)Nc1ccc([N+](=O)[O-])cc1. The average molecular weight is 418 g/mol. The van der Waals surface area contributed by atoms with Crippen molar-refractivity contribution in [3.05, 3.63) is 63.7 Å². The summed E-state index contributed by atoms with van der Waals surface area (Å²) in [6, 6.07) is 13.0. The van der Waals surface area contributed by atoms with E-state index in [1.807, 2.05) is 25.2 Å². The molecule has 10 heteroatoms. The number of hydrogen-bond acceptors (Lipinski definition) is 6. The van der Waals surface area contributed by atoms with E-state index in [-0.39, 0.29) is 11.6 Å². The predicted octanol–water partition coefficient (Wildman–Crippen LogP) is 4.16. The number of carbonyl (C=O) groups excluding carboxylic acids is 1. The lowest BCUT2D eigenvalue weighted by atomic mass is 10.2. The van der Waals surface area contributed by atoms with Gasteiger partial charge in [-0.25, -0.2) is 0 Å². The Hall–Kier alpha value is -2.91. The van der Waals surface area contributed by atoms with E-state index >= 15 is 0 Å². The molecule has 1 heterocycles. The average Bonchev–Trinajstić information content (AvgIpc) is 3.03. The second-order valence-electron chi connectivity index (χ2n) is 5.90. The van der Waals surface area contributed by atoms with Crippen molar-refractivity contribution in [1.82, 2.24) is 14.8 Å². The summed E-state index contributed by atoms with van der Waals surface area (Å²) < 4.78 is 1.78. The summed E-state index contributed by atoms with van der Waals surface area (Å²) in [5.74, 6) is 0.359. The first kappa shape index (κ1) is 19.8. The fourth-order valence-electron chi connectivity index (χ4n) is 2.42. The highest BCUT2D eigenvalue weighted by atomic mass is 35.5. The van der Waals surface area contributed by atoms with E-state index in [4.69, 9.17) is 11.6 Å². The maximum absolute atomic E-state index is 12.4. The Morgan fingerprint density at radius 1 is 1.21 bits per heavy atom. The van der Waals surface area contributed by atoms with Gasteiger partial charge in [-0.15, -0.1) is 10.2 Å². The molecule has 0 saturated heterocycles. The van der Waals surface area contributed by atoms with E-state index in [0.29, 0.717) is 21.7 Å². The van der Waals surface area contributed by atoms with Gasteiger partial charge in [-0.1, -0.05) is 35.5 Å². The van der Waals surface area contributed by atoms with Crippen molar-refractivity contribution in [2.24, 2.45) is 7.05 Å². The molecule has 0 aliphatic rings. The van der Waals surface area contributed by atoms with Gasteiger partial charge in [0.15, 0.2) is 11.0 Å². The standard InChI is InChI=1S/C18H16ClN5O3S/c1-11(17(25)20-12-7-9-13(10-8-12)24(26)27)28-18-22-21-16(23(18)2)14-5-3-4-6-15(14)19/h3-11H,1-2H3,(H,20,25). The molecule has 1 unspecified atom stereocenters. The van der Waals surface area contributed by atoms with E-state index in [2.05, 4.69) is 15.5 Å². The number of thioether (sulfide) groups is 1. The number of benzene rings is 2. The molecule has 1 amide bonds. The minimum atomic E-state index is -0.491. The zero-order valence-corrected chi connectivity index (χ0v) is 16.6. The molecule has 0 radical (unpaired) electrons. The van der Waals surface area contributed by atoms with Crippen LogP contribution in [0.15, 0.2) is 53.7 Å². The lowest BCUT2D eigenvalue weighted by Gasteiger charge is -2.12. The maximum Gasteiger partial charge on any atom is 0.269 e. The van der Waals surface area contributed by atoms with Gasteiger partial charge in [0.05, 0.1) is 15.2 Å².